The molecule has 168 valence electrons. The van der Waals surface area contributed by atoms with Crippen molar-refractivity contribution in [1.29, 1.82) is 0 Å². The first kappa shape index (κ1) is 23.4. The average Bonchev–Trinajstić information content (AvgIpc) is 3.12. The van der Waals surface area contributed by atoms with Crippen LogP contribution in [-0.4, -0.2) is 37.9 Å². The number of nitrogens with zero attached hydrogens (tertiary/aromatic N) is 2. The minimum atomic E-state index is -1.38. The van der Waals surface area contributed by atoms with E-state index in [1.807, 2.05) is 42.7 Å². The second kappa shape index (κ2) is 10.3. The molecule has 2 aromatic heterocycles. The second-order valence-electron chi connectivity index (χ2n) is 7.95. The number of rotatable bonds is 9. The monoisotopic (exact) mass is 437 g/mol. The Balaban J connectivity index is 2.08. The van der Waals surface area contributed by atoms with Crippen molar-refractivity contribution in [3.8, 4) is 22.5 Å². The lowest BCUT2D eigenvalue weighted by atomic mass is 10.0. The van der Waals surface area contributed by atoms with Crippen molar-refractivity contribution in [3.05, 3.63) is 72.3 Å². The number of carbonyl (C=O) groups is 1. The first-order valence-corrected chi connectivity index (χ1v) is 10.4. The van der Waals surface area contributed by atoms with Gasteiger partial charge in [-0.25, -0.2) is 4.39 Å². The summed E-state index contributed by atoms with van der Waals surface area (Å²) in [6, 6.07) is 13.8. The van der Waals surface area contributed by atoms with E-state index < -0.39 is 24.6 Å². The topological polar surface area (TPSA) is 98.4 Å². The van der Waals surface area contributed by atoms with Crippen LogP contribution in [0, 0.1) is 5.82 Å². The maximum absolute atomic E-state index is 13.6. The third-order valence-corrected chi connectivity index (χ3v) is 5.09. The van der Waals surface area contributed by atoms with E-state index in [-0.39, 0.29) is 18.2 Å². The number of pyridine rings is 1. The molecule has 0 saturated heterocycles. The molecule has 0 radical (unpaired) electrons. The molecule has 0 aliphatic carbocycles. The predicted octanol–water partition coefficient (Wildman–Crippen LogP) is 3.20. The smallest absolute Gasteiger partial charge is 0.123 e. The van der Waals surface area contributed by atoms with E-state index in [0.29, 0.717) is 0 Å². The van der Waals surface area contributed by atoms with Gasteiger partial charge in [0.15, 0.2) is 0 Å². The molecule has 2 heterocycles. The van der Waals surface area contributed by atoms with Crippen molar-refractivity contribution < 1.29 is 24.5 Å². The molecule has 2 N–H and O–H groups in total. The fourth-order valence-electron chi connectivity index (χ4n) is 3.59. The second-order valence-corrected chi connectivity index (χ2v) is 7.95. The molecule has 3 aromatic rings. The number of aliphatic hydroxyl groups excluding tert-OH is 2. The molecule has 0 spiro atoms. The van der Waals surface area contributed by atoms with Crippen molar-refractivity contribution in [2.75, 3.05) is 0 Å². The Morgan fingerprint density at radius 2 is 1.91 bits per heavy atom. The largest absolute Gasteiger partial charge is 0.550 e. The summed E-state index contributed by atoms with van der Waals surface area (Å²) in [7, 11) is 0. The normalized spacial score (nSPS) is 13.6. The van der Waals surface area contributed by atoms with Crippen LogP contribution < -0.4 is 5.11 Å². The van der Waals surface area contributed by atoms with Crippen LogP contribution in [0.1, 0.15) is 38.3 Å². The Morgan fingerprint density at radius 3 is 2.50 bits per heavy atom. The number of aliphatic carboxylic acids is 1. The van der Waals surface area contributed by atoms with Crippen LogP contribution in [0.3, 0.4) is 0 Å². The molecule has 0 fully saturated rings. The molecular weight excluding hydrogens is 411 g/mol. The van der Waals surface area contributed by atoms with Crippen molar-refractivity contribution in [2.45, 2.75) is 44.8 Å². The van der Waals surface area contributed by atoms with Gasteiger partial charge in [0.2, 0.25) is 0 Å². The highest BCUT2D eigenvalue weighted by molar-refractivity contribution is 5.82. The zero-order valence-corrected chi connectivity index (χ0v) is 18.0. The van der Waals surface area contributed by atoms with Crippen LogP contribution >= 0.6 is 0 Å². The SMILES string of the molecule is CC(C)c1cc(-c2ccccn2)c(-c2ccc(F)cc2)n1/C=C/[C@@H](O)C[C@@H](O)CC(=O)[O-]. The van der Waals surface area contributed by atoms with Crippen LogP contribution in [0.5, 0.6) is 0 Å². The zero-order chi connectivity index (χ0) is 23.3. The van der Waals surface area contributed by atoms with Crippen LogP contribution in [0.4, 0.5) is 4.39 Å². The molecule has 6 nitrogen and oxygen atoms in total. The van der Waals surface area contributed by atoms with Gasteiger partial charge >= 0.3 is 0 Å². The third kappa shape index (κ3) is 5.69. The number of aliphatic hydroxyl groups is 2. The van der Waals surface area contributed by atoms with Crippen LogP contribution in [0.15, 0.2) is 60.8 Å². The summed E-state index contributed by atoms with van der Waals surface area (Å²) in [5, 5.41) is 30.7. The maximum atomic E-state index is 13.6. The lowest BCUT2D eigenvalue weighted by Gasteiger charge is -2.15. The number of hydrogen-bond acceptors (Lipinski definition) is 5. The summed E-state index contributed by atoms with van der Waals surface area (Å²) in [5.74, 6) is -1.60. The quantitative estimate of drug-likeness (QED) is 0.536. The van der Waals surface area contributed by atoms with Gasteiger partial charge < -0.3 is 24.7 Å². The Kier molecular flexibility index (Phi) is 7.56. The van der Waals surface area contributed by atoms with Crippen LogP contribution in [-0.2, 0) is 4.79 Å². The highest BCUT2D eigenvalue weighted by atomic mass is 19.1. The molecule has 2 atom stereocenters. The van der Waals surface area contributed by atoms with Crippen LogP contribution in [0.25, 0.3) is 28.7 Å². The summed E-state index contributed by atoms with van der Waals surface area (Å²) in [4.78, 5) is 15.1. The number of halogens is 1. The Bertz CT molecular complexity index is 1080. The highest BCUT2D eigenvalue weighted by Gasteiger charge is 2.20. The highest BCUT2D eigenvalue weighted by Crippen LogP contribution is 2.37. The zero-order valence-electron chi connectivity index (χ0n) is 18.0. The summed E-state index contributed by atoms with van der Waals surface area (Å²) in [6.07, 6.45) is 1.93. The summed E-state index contributed by atoms with van der Waals surface area (Å²) in [5.41, 5.74) is 4.12. The Hall–Kier alpha value is -3.29. The van der Waals surface area contributed by atoms with Gasteiger partial charge in [0.25, 0.3) is 0 Å². The predicted molar refractivity (Wildman–Crippen MR) is 119 cm³/mol. The average molecular weight is 437 g/mol. The molecule has 0 saturated carbocycles. The molecule has 0 unspecified atom stereocenters. The van der Waals surface area contributed by atoms with Crippen molar-refractivity contribution in [1.82, 2.24) is 9.55 Å². The fraction of sp³-hybridized carbons (Fsp3) is 0.280. The molecule has 32 heavy (non-hydrogen) atoms. The first-order valence-electron chi connectivity index (χ1n) is 10.4. The van der Waals surface area contributed by atoms with Gasteiger partial charge in [-0.05, 0) is 60.0 Å². The molecule has 0 bridgehead atoms. The van der Waals surface area contributed by atoms with Gasteiger partial charge in [0.05, 0.1) is 23.6 Å². The van der Waals surface area contributed by atoms with E-state index in [0.717, 1.165) is 28.2 Å². The first-order chi connectivity index (χ1) is 15.3. The fourth-order valence-corrected chi connectivity index (χ4v) is 3.59. The number of carboxylic acid groups (broad SMARTS) is 1. The summed E-state index contributed by atoms with van der Waals surface area (Å²) >= 11 is 0. The van der Waals surface area contributed by atoms with Gasteiger partial charge in [-0.3, -0.25) is 4.98 Å². The molecule has 0 amide bonds. The lowest BCUT2D eigenvalue weighted by molar-refractivity contribution is -0.307. The van der Waals surface area contributed by atoms with E-state index in [9.17, 15) is 24.5 Å². The van der Waals surface area contributed by atoms with Gasteiger partial charge in [-0.1, -0.05) is 19.9 Å². The number of benzene rings is 1. The van der Waals surface area contributed by atoms with Gasteiger partial charge in [-0.15, -0.1) is 0 Å². The molecule has 0 aliphatic heterocycles. The number of carboxylic acids is 1. The Labute approximate surface area is 186 Å². The molecular formula is C25H26FN2O4-. The molecule has 3 rings (SSSR count). The molecule has 0 aliphatic rings. The van der Waals surface area contributed by atoms with Gasteiger partial charge in [0, 0.05) is 42.5 Å². The molecule has 1 aromatic carbocycles. The van der Waals surface area contributed by atoms with E-state index in [2.05, 4.69) is 4.98 Å². The summed E-state index contributed by atoms with van der Waals surface area (Å²) in [6.45, 7) is 4.08. The van der Waals surface area contributed by atoms with Crippen molar-refractivity contribution >= 4 is 12.2 Å². The Morgan fingerprint density at radius 1 is 1.19 bits per heavy atom. The van der Waals surface area contributed by atoms with E-state index in [1.54, 1.807) is 24.5 Å². The standard InChI is InChI=1S/C25H27FN2O4/c1-16(2)23-15-21(22-5-3-4-11-27-22)25(17-6-8-18(26)9-7-17)28(23)12-10-19(29)13-20(30)14-24(31)32/h3-12,15-16,19-20,29-30H,13-14H2,1-2H3,(H,31,32)/p-1/b12-10+/t19-,20-/m1/s1. The maximum Gasteiger partial charge on any atom is 0.123 e. The molecule has 7 heteroatoms. The van der Waals surface area contributed by atoms with E-state index in [4.69, 9.17) is 0 Å². The van der Waals surface area contributed by atoms with Gasteiger partial charge in [-0.2, -0.15) is 0 Å². The number of hydrogen-bond donors (Lipinski definition) is 2. The van der Waals surface area contributed by atoms with Crippen molar-refractivity contribution in [2.24, 2.45) is 0 Å². The van der Waals surface area contributed by atoms with Crippen LogP contribution in [0.2, 0.25) is 0 Å². The third-order valence-electron chi connectivity index (χ3n) is 5.09. The van der Waals surface area contributed by atoms with E-state index >= 15 is 0 Å². The van der Waals surface area contributed by atoms with Crippen molar-refractivity contribution in [3.63, 3.8) is 0 Å². The lowest BCUT2D eigenvalue weighted by Crippen LogP contribution is -2.29. The number of aromatic nitrogens is 2. The summed E-state index contributed by atoms with van der Waals surface area (Å²) < 4.78 is 15.5. The minimum absolute atomic E-state index is 0.122. The minimum Gasteiger partial charge on any atom is -0.550 e. The number of carbonyl (C=O) groups excluding carboxylic acids is 1. The van der Waals surface area contributed by atoms with Gasteiger partial charge in [0.1, 0.15) is 5.82 Å². The van der Waals surface area contributed by atoms with E-state index in [1.165, 1.54) is 18.2 Å².